The van der Waals surface area contributed by atoms with E-state index in [4.69, 9.17) is 5.73 Å². The lowest BCUT2D eigenvalue weighted by molar-refractivity contribution is -0.136. The molecule has 1 heterocycles. The third-order valence-corrected chi connectivity index (χ3v) is 3.31. The maximum Gasteiger partial charge on any atom is 0.239 e. The van der Waals surface area contributed by atoms with Gasteiger partial charge < -0.3 is 15.5 Å². The highest BCUT2D eigenvalue weighted by Crippen LogP contribution is 2.19. The van der Waals surface area contributed by atoms with E-state index in [1.54, 1.807) is 18.7 Å². The normalized spacial score (nSPS) is 21.4. The molecule has 5 heteroatoms. The molecule has 0 aromatic heterocycles. The SMILES string of the molecule is CCN(C[C@H]1CCCN1C(=O)[C@H](C)N)C(C)=O. The predicted octanol–water partition coefficient (Wildman–Crippen LogP) is 0.193. The van der Waals surface area contributed by atoms with Crippen LogP contribution < -0.4 is 5.73 Å². The standard InChI is InChI=1S/C12H23N3O2/c1-4-14(10(3)16)8-11-6-5-7-15(11)12(17)9(2)13/h9,11H,4-8,13H2,1-3H3/t9-,11+/m0/s1. The fourth-order valence-electron chi connectivity index (χ4n) is 2.31. The van der Waals surface area contributed by atoms with Crippen molar-refractivity contribution in [2.45, 2.75) is 45.7 Å². The number of amides is 2. The fraction of sp³-hybridized carbons (Fsp3) is 0.833. The summed E-state index contributed by atoms with van der Waals surface area (Å²) in [6.45, 7) is 7.31. The Balaban J connectivity index is 2.63. The third kappa shape index (κ3) is 3.43. The number of carbonyl (C=O) groups excluding carboxylic acids is 2. The van der Waals surface area contributed by atoms with E-state index in [-0.39, 0.29) is 17.9 Å². The van der Waals surface area contributed by atoms with E-state index in [1.807, 2.05) is 11.8 Å². The first kappa shape index (κ1) is 14.0. The number of likely N-dealkylation sites (N-methyl/N-ethyl adjacent to an activating group) is 1. The van der Waals surface area contributed by atoms with Crippen molar-refractivity contribution < 1.29 is 9.59 Å². The average molecular weight is 241 g/mol. The highest BCUT2D eigenvalue weighted by atomic mass is 16.2. The number of nitrogens with two attached hydrogens (primary N) is 1. The van der Waals surface area contributed by atoms with Crippen LogP contribution in [0.4, 0.5) is 0 Å². The number of hydrogen-bond donors (Lipinski definition) is 1. The van der Waals surface area contributed by atoms with Crippen LogP contribution in [-0.2, 0) is 9.59 Å². The molecule has 0 aromatic rings. The molecule has 0 unspecified atom stereocenters. The lowest BCUT2D eigenvalue weighted by Gasteiger charge is -2.30. The summed E-state index contributed by atoms with van der Waals surface area (Å²) in [4.78, 5) is 26.9. The predicted molar refractivity (Wildman–Crippen MR) is 66.3 cm³/mol. The monoisotopic (exact) mass is 241 g/mol. The first-order valence-electron chi connectivity index (χ1n) is 6.29. The molecule has 0 spiro atoms. The summed E-state index contributed by atoms with van der Waals surface area (Å²) in [6, 6.07) is -0.319. The zero-order valence-corrected chi connectivity index (χ0v) is 11.0. The van der Waals surface area contributed by atoms with Gasteiger partial charge in [-0.1, -0.05) is 0 Å². The molecule has 0 aliphatic carbocycles. The molecule has 5 nitrogen and oxygen atoms in total. The molecule has 2 N–H and O–H groups in total. The van der Waals surface area contributed by atoms with Crippen LogP contribution in [0.2, 0.25) is 0 Å². The molecule has 2 amide bonds. The van der Waals surface area contributed by atoms with Gasteiger partial charge in [0.05, 0.1) is 6.04 Å². The summed E-state index contributed by atoms with van der Waals surface area (Å²) in [7, 11) is 0. The lowest BCUT2D eigenvalue weighted by Crippen LogP contribution is -2.49. The molecule has 1 rings (SSSR count). The number of carbonyl (C=O) groups is 2. The zero-order valence-electron chi connectivity index (χ0n) is 11.0. The van der Waals surface area contributed by atoms with E-state index >= 15 is 0 Å². The van der Waals surface area contributed by atoms with Crippen molar-refractivity contribution in [3.63, 3.8) is 0 Å². The van der Waals surface area contributed by atoms with Gasteiger partial charge in [-0.05, 0) is 26.7 Å². The molecule has 1 aliphatic rings. The van der Waals surface area contributed by atoms with Gasteiger partial charge in [0.1, 0.15) is 0 Å². The molecule has 0 bridgehead atoms. The molecule has 17 heavy (non-hydrogen) atoms. The zero-order chi connectivity index (χ0) is 13.0. The van der Waals surface area contributed by atoms with Gasteiger partial charge in [-0.2, -0.15) is 0 Å². The third-order valence-electron chi connectivity index (χ3n) is 3.31. The maximum atomic E-state index is 11.9. The second-order valence-corrected chi connectivity index (χ2v) is 4.67. The Morgan fingerprint density at radius 3 is 2.65 bits per heavy atom. The molecule has 0 aromatic carbocycles. The Hall–Kier alpha value is -1.10. The average Bonchev–Trinajstić information content (AvgIpc) is 2.71. The largest absolute Gasteiger partial charge is 0.341 e. The number of nitrogens with zero attached hydrogens (tertiary/aromatic N) is 2. The maximum absolute atomic E-state index is 11.9. The van der Waals surface area contributed by atoms with Crippen LogP contribution in [0.25, 0.3) is 0 Å². The van der Waals surface area contributed by atoms with Gasteiger partial charge in [0.2, 0.25) is 11.8 Å². The van der Waals surface area contributed by atoms with Gasteiger partial charge >= 0.3 is 0 Å². The Labute approximate surface area is 103 Å². The number of likely N-dealkylation sites (tertiary alicyclic amines) is 1. The van der Waals surface area contributed by atoms with Crippen LogP contribution >= 0.6 is 0 Å². The summed E-state index contributed by atoms with van der Waals surface area (Å²) in [6.07, 6.45) is 1.96. The van der Waals surface area contributed by atoms with Crippen molar-refractivity contribution >= 4 is 11.8 Å². The topological polar surface area (TPSA) is 66.6 Å². The van der Waals surface area contributed by atoms with E-state index in [0.717, 1.165) is 19.4 Å². The van der Waals surface area contributed by atoms with Gasteiger partial charge in [-0.15, -0.1) is 0 Å². The van der Waals surface area contributed by atoms with E-state index in [9.17, 15) is 9.59 Å². The van der Waals surface area contributed by atoms with Crippen LogP contribution in [0.1, 0.15) is 33.6 Å². The number of rotatable bonds is 4. The Kier molecular flexibility index (Phi) is 4.93. The van der Waals surface area contributed by atoms with E-state index < -0.39 is 6.04 Å². The molecule has 1 fully saturated rings. The van der Waals surface area contributed by atoms with Gasteiger partial charge in [0, 0.05) is 32.6 Å². The summed E-state index contributed by atoms with van der Waals surface area (Å²) >= 11 is 0. The molecule has 1 aliphatic heterocycles. The molecule has 2 atom stereocenters. The van der Waals surface area contributed by atoms with E-state index in [1.165, 1.54) is 0 Å². The summed E-state index contributed by atoms with van der Waals surface area (Å²) in [5, 5.41) is 0. The van der Waals surface area contributed by atoms with Crippen LogP contribution in [0.5, 0.6) is 0 Å². The molecule has 98 valence electrons. The van der Waals surface area contributed by atoms with Crippen molar-refractivity contribution in [2.24, 2.45) is 5.73 Å². The Morgan fingerprint density at radius 2 is 2.18 bits per heavy atom. The Morgan fingerprint density at radius 1 is 1.53 bits per heavy atom. The smallest absolute Gasteiger partial charge is 0.239 e. The van der Waals surface area contributed by atoms with Gasteiger partial charge in [0.15, 0.2) is 0 Å². The van der Waals surface area contributed by atoms with Crippen LogP contribution in [0, 0.1) is 0 Å². The molecular formula is C12H23N3O2. The van der Waals surface area contributed by atoms with Gasteiger partial charge in [-0.3, -0.25) is 9.59 Å². The Bertz CT molecular complexity index is 291. The first-order chi connectivity index (χ1) is 7.97. The van der Waals surface area contributed by atoms with E-state index in [0.29, 0.717) is 13.1 Å². The molecule has 1 saturated heterocycles. The van der Waals surface area contributed by atoms with Crippen molar-refractivity contribution in [1.29, 1.82) is 0 Å². The minimum atomic E-state index is -0.456. The van der Waals surface area contributed by atoms with Crippen molar-refractivity contribution in [2.75, 3.05) is 19.6 Å². The van der Waals surface area contributed by atoms with Gasteiger partial charge in [-0.25, -0.2) is 0 Å². The van der Waals surface area contributed by atoms with Gasteiger partial charge in [0.25, 0.3) is 0 Å². The highest BCUT2D eigenvalue weighted by Gasteiger charge is 2.31. The fourth-order valence-corrected chi connectivity index (χ4v) is 2.31. The summed E-state index contributed by atoms with van der Waals surface area (Å²) in [5.41, 5.74) is 5.63. The lowest BCUT2D eigenvalue weighted by atomic mass is 10.2. The second-order valence-electron chi connectivity index (χ2n) is 4.67. The number of hydrogen-bond acceptors (Lipinski definition) is 3. The minimum absolute atomic E-state index is 0.00731. The van der Waals surface area contributed by atoms with Crippen molar-refractivity contribution in [3.8, 4) is 0 Å². The molecule has 0 saturated carbocycles. The second kappa shape index (κ2) is 6.00. The molecular weight excluding hydrogens is 218 g/mol. The molecule has 0 radical (unpaired) electrons. The van der Waals surface area contributed by atoms with Crippen LogP contribution in [0.15, 0.2) is 0 Å². The summed E-state index contributed by atoms with van der Waals surface area (Å²) in [5.74, 6) is 0.0553. The van der Waals surface area contributed by atoms with Crippen LogP contribution in [0.3, 0.4) is 0 Å². The minimum Gasteiger partial charge on any atom is -0.341 e. The quantitative estimate of drug-likeness (QED) is 0.764. The van der Waals surface area contributed by atoms with Crippen molar-refractivity contribution in [3.05, 3.63) is 0 Å². The highest BCUT2D eigenvalue weighted by molar-refractivity contribution is 5.82. The van der Waals surface area contributed by atoms with Crippen molar-refractivity contribution in [1.82, 2.24) is 9.80 Å². The van der Waals surface area contributed by atoms with E-state index in [2.05, 4.69) is 0 Å². The summed E-state index contributed by atoms with van der Waals surface area (Å²) < 4.78 is 0. The van der Waals surface area contributed by atoms with Crippen LogP contribution in [-0.4, -0.2) is 53.3 Å². The first-order valence-corrected chi connectivity index (χ1v) is 6.29.